The molecule has 70 valence electrons. The molecule has 0 aromatic rings. The highest BCUT2D eigenvalue weighted by molar-refractivity contribution is 9.10. The SMILES string of the molecule is O=[N+]([O-])C1(Br)COP(=O)(Cl)OC1. The first-order valence-electron chi connectivity index (χ1n) is 2.78. The largest absolute Gasteiger partial charge is 0.424 e. The summed E-state index contributed by atoms with van der Waals surface area (Å²) in [5.74, 6) is 0. The number of nitro groups is 1. The van der Waals surface area contributed by atoms with Crippen LogP contribution in [-0.4, -0.2) is 22.6 Å². The second kappa shape index (κ2) is 3.23. The number of halogens is 2. The fourth-order valence-electron chi connectivity index (χ4n) is 0.536. The zero-order valence-electron chi connectivity index (χ0n) is 5.61. The van der Waals surface area contributed by atoms with Gasteiger partial charge in [0.2, 0.25) is 0 Å². The number of hydrogen-bond donors (Lipinski definition) is 0. The second-order valence-corrected chi connectivity index (χ2v) is 6.25. The van der Waals surface area contributed by atoms with Gasteiger partial charge in [0.1, 0.15) is 13.2 Å². The Hall–Kier alpha value is 0.320. The number of nitrogens with zero attached hydrogens (tertiary/aromatic N) is 1. The Morgan fingerprint density at radius 2 is 2.00 bits per heavy atom. The van der Waals surface area contributed by atoms with E-state index in [-0.39, 0.29) is 13.2 Å². The predicted octanol–water partition coefficient (Wildman–Crippen LogP) is 1.75. The van der Waals surface area contributed by atoms with Crippen LogP contribution in [0.25, 0.3) is 0 Å². The molecular formula is C3H4BrClNO5P. The molecular weight excluding hydrogens is 276 g/mol. The van der Waals surface area contributed by atoms with Crippen molar-refractivity contribution in [2.75, 3.05) is 13.2 Å². The van der Waals surface area contributed by atoms with Gasteiger partial charge < -0.3 is 0 Å². The normalized spacial score (nSPS) is 42.5. The molecule has 1 fully saturated rings. The maximum atomic E-state index is 10.8. The lowest BCUT2D eigenvalue weighted by Gasteiger charge is -2.25. The minimum atomic E-state index is -3.57. The van der Waals surface area contributed by atoms with Crippen molar-refractivity contribution in [1.29, 1.82) is 0 Å². The van der Waals surface area contributed by atoms with E-state index in [1.165, 1.54) is 0 Å². The summed E-state index contributed by atoms with van der Waals surface area (Å²) in [5, 5.41) is 10.4. The average Bonchev–Trinajstić information content (AvgIpc) is 1.96. The van der Waals surface area contributed by atoms with Gasteiger partial charge in [-0.2, -0.15) is 0 Å². The summed E-state index contributed by atoms with van der Waals surface area (Å²) < 4.78 is 18.2. The van der Waals surface area contributed by atoms with Gasteiger partial charge in [-0.05, 0) is 0 Å². The van der Waals surface area contributed by atoms with E-state index in [4.69, 9.17) is 11.2 Å². The molecule has 0 saturated carbocycles. The molecule has 0 unspecified atom stereocenters. The molecule has 0 aromatic heterocycles. The Balaban J connectivity index is 2.68. The molecule has 0 radical (unpaired) electrons. The van der Waals surface area contributed by atoms with Crippen LogP contribution in [0.5, 0.6) is 0 Å². The molecule has 1 aliphatic heterocycles. The summed E-state index contributed by atoms with van der Waals surface area (Å²) in [6.45, 7) is -4.32. The quantitative estimate of drug-likeness (QED) is 0.240. The van der Waals surface area contributed by atoms with Crippen molar-refractivity contribution in [2.24, 2.45) is 0 Å². The molecule has 1 aliphatic rings. The third-order valence-corrected chi connectivity index (χ3v) is 3.42. The van der Waals surface area contributed by atoms with Gasteiger partial charge in [-0.15, -0.1) is 0 Å². The molecule has 12 heavy (non-hydrogen) atoms. The van der Waals surface area contributed by atoms with Crippen LogP contribution in [0, 0.1) is 10.1 Å². The lowest BCUT2D eigenvalue weighted by molar-refractivity contribution is -0.542. The van der Waals surface area contributed by atoms with Crippen LogP contribution in [0.3, 0.4) is 0 Å². The summed E-state index contributed by atoms with van der Waals surface area (Å²) in [5.41, 5.74) is 0. The van der Waals surface area contributed by atoms with Gasteiger partial charge in [-0.3, -0.25) is 19.2 Å². The van der Waals surface area contributed by atoms with E-state index in [0.717, 1.165) is 0 Å². The Labute approximate surface area is 80.8 Å². The van der Waals surface area contributed by atoms with Crippen molar-refractivity contribution >= 4 is 34.1 Å². The zero-order valence-corrected chi connectivity index (χ0v) is 8.84. The first-order chi connectivity index (χ1) is 5.36. The summed E-state index contributed by atoms with van der Waals surface area (Å²) in [6, 6.07) is 0. The van der Waals surface area contributed by atoms with Gasteiger partial charge in [-0.25, -0.2) is 4.57 Å². The topological polar surface area (TPSA) is 78.7 Å². The molecule has 0 atom stereocenters. The smallest absolute Gasteiger partial charge is 0.288 e. The van der Waals surface area contributed by atoms with Crippen LogP contribution in [0.4, 0.5) is 0 Å². The van der Waals surface area contributed by atoms with E-state index in [9.17, 15) is 14.7 Å². The van der Waals surface area contributed by atoms with E-state index in [2.05, 4.69) is 25.0 Å². The van der Waals surface area contributed by atoms with Crippen molar-refractivity contribution in [1.82, 2.24) is 0 Å². The van der Waals surface area contributed by atoms with Crippen LogP contribution >= 0.6 is 34.1 Å². The minimum absolute atomic E-state index is 0.374. The van der Waals surface area contributed by atoms with Crippen molar-refractivity contribution < 1.29 is 18.5 Å². The Bertz CT molecular complexity index is 247. The van der Waals surface area contributed by atoms with Gasteiger partial charge in [0.15, 0.2) is 0 Å². The number of rotatable bonds is 1. The molecule has 1 rings (SSSR count). The van der Waals surface area contributed by atoms with E-state index in [1.807, 2.05) is 0 Å². The van der Waals surface area contributed by atoms with Gasteiger partial charge in [-0.1, -0.05) is 0 Å². The molecule has 0 amide bonds. The standard InChI is InChI=1S/C3H4BrClNO5P/c4-3(6(7)8)1-10-12(5,9)11-2-3/h1-2H2. The average molecular weight is 280 g/mol. The van der Waals surface area contributed by atoms with Crippen molar-refractivity contribution in [3.63, 3.8) is 0 Å². The van der Waals surface area contributed by atoms with E-state index in [0.29, 0.717) is 0 Å². The van der Waals surface area contributed by atoms with E-state index >= 15 is 0 Å². The summed E-state index contributed by atoms with van der Waals surface area (Å²) in [7, 11) is 0. The van der Waals surface area contributed by atoms with Gasteiger partial charge in [0, 0.05) is 32.1 Å². The summed E-state index contributed by atoms with van der Waals surface area (Å²) in [6.07, 6.45) is 0. The molecule has 6 nitrogen and oxygen atoms in total. The number of hydrogen-bond acceptors (Lipinski definition) is 5. The maximum Gasteiger partial charge on any atom is 0.424 e. The molecule has 0 aliphatic carbocycles. The highest BCUT2D eigenvalue weighted by Crippen LogP contribution is 2.57. The predicted molar refractivity (Wildman–Crippen MR) is 44.0 cm³/mol. The van der Waals surface area contributed by atoms with Crippen LogP contribution in [-0.2, 0) is 13.6 Å². The van der Waals surface area contributed by atoms with Crippen molar-refractivity contribution in [3.05, 3.63) is 10.1 Å². The molecule has 0 bridgehead atoms. The Morgan fingerprint density at radius 3 is 2.33 bits per heavy atom. The Morgan fingerprint density at radius 1 is 1.58 bits per heavy atom. The van der Waals surface area contributed by atoms with Crippen LogP contribution in [0.2, 0.25) is 0 Å². The highest BCUT2D eigenvalue weighted by Gasteiger charge is 2.49. The lowest BCUT2D eigenvalue weighted by Crippen LogP contribution is -2.43. The van der Waals surface area contributed by atoms with Crippen molar-refractivity contribution in [2.45, 2.75) is 4.45 Å². The Kier molecular flexibility index (Phi) is 2.80. The molecule has 1 saturated heterocycles. The minimum Gasteiger partial charge on any atom is -0.288 e. The summed E-state index contributed by atoms with van der Waals surface area (Å²) in [4.78, 5) is 9.73. The monoisotopic (exact) mass is 279 g/mol. The van der Waals surface area contributed by atoms with Gasteiger partial charge in [0.05, 0.1) is 0 Å². The van der Waals surface area contributed by atoms with Crippen LogP contribution < -0.4 is 0 Å². The lowest BCUT2D eigenvalue weighted by atomic mass is 10.4. The molecule has 9 heteroatoms. The van der Waals surface area contributed by atoms with E-state index in [1.54, 1.807) is 0 Å². The number of alkyl halides is 1. The molecule has 0 N–H and O–H groups in total. The highest BCUT2D eigenvalue weighted by atomic mass is 79.9. The van der Waals surface area contributed by atoms with E-state index < -0.39 is 16.3 Å². The third kappa shape index (κ3) is 2.17. The molecule has 0 aromatic carbocycles. The fraction of sp³-hybridized carbons (Fsp3) is 1.00. The van der Waals surface area contributed by atoms with Gasteiger partial charge >= 0.3 is 11.4 Å². The van der Waals surface area contributed by atoms with Crippen LogP contribution in [0.1, 0.15) is 0 Å². The second-order valence-electron chi connectivity index (χ2n) is 2.15. The first kappa shape index (κ1) is 10.4. The molecule has 1 heterocycles. The van der Waals surface area contributed by atoms with Crippen LogP contribution in [0.15, 0.2) is 0 Å². The molecule has 0 spiro atoms. The van der Waals surface area contributed by atoms with Crippen molar-refractivity contribution in [3.8, 4) is 0 Å². The third-order valence-electron chi connectivity index (χ3n) is 1.21. The maximum absolute atomic E-state index is 10.8. The fourth-order valence-corrected chi connectivity index (χ4v) is 2.22. The zero-order chi connectivity index (χ0) is 9.41. The first-order valence-corrected chi connectivity index (χ1v) is 6.02. The summed E-state index contributed by atoms with van der Waals surface area (Å²) >= 11 is 7.95. The van der Waals surface area contributed by atoms with Gasteiger partial charge in [0.25, 0.3) is 0 Å².